The van der Waals surface area contributed by atoms with Gasteiger partial charge in [-0.3, -0.25) is 0 Å². The van der Waals surface area contributed by atoms with E-state index in [0.29, 0.717) is 6.42 Å². The Kier molecular flexibility index (Phi) is 2.95. The van der Waals surface area contributed by atoms with Crippen molar-refractivity contribution in [3.8, 4) is 0 Å². The highest BCUT2D eigenvalue weighted by Crippen LogP contribution is 2.17. The first-order chi connectivity index (χ1) is 7.46. The summed E-state index contributed by atoms with van der Waals surface area (Å²) >= 11 is 0. The number of halogens is 1. The average molecular weight is 258 g/mol. The largest absolute Gasteiger partial charge is 0.351 e. The van der Waals surface area contributed by atoms with Crippen molar-refractivity contribution in [2.45, 2.75) is 6.42 Å². The lowest BCUT2D eigenvalue weighted by Gasteiger charge is -2.01. The third kappa shape index (κ3) is 2.57. The molecule has 0 spiro atoms. The second kappa shape index (κ2) is 4.11. The summed E-state index contributed by atoms with van der Waals surface area (Å²) in [6.45, 7) is 0. The number of hydrogen-bond donors (Lipinski definition) is 0. The van der Waals surface area contributed by atoms with Gasteiger partial charge in [0.05, 0.1) is 5.75 Å². The summed E-state index contributed by atoms with van der Waals surface area (Å²) in [5.41, 5.74) is 2.09. The first kappa shape index (κ1) is 11.5. The summed E-state index contributed by atoms with van der Waals surface area (Å²) < 4.78 is 23.7. The van der Waals surface area contributed by atoms with Gasteiger partial charge in [-0.25, -0.2) is 8.42 Å². The van der Waals surface area contributed by atoms with Gasteiger partial charge in [-0.05, 0) is 29.5 Å². The quantitative estimate of drug-likeness (QED) is 0.792. The van der Waals surface area contributed by atoms with Gasteiger partial charge in [0.25, 0.3) is 0 Å². The lowest BCUT2D eigenvalue weighted by atomic mass is 10.1. The van der Waals surface area contributed by atoms with Crippen molar-refractivity contribution < 1.29 is 8.42 Å². The highest BCUT2D eigenvalue weighted by Gasteiger charge is 2.06. The fourth-order valence-electron chi connectivity index (χ4n) is 1.70. The van der Waals surface area contributed by atoms with Crippen LogP contribution in [-0.4, -0.2) is 18.7 Å². The van der Waals surface area contributed by atoms with Crippen LogP contribution in [0.25, 0.3) is 10.9 Å². The number of benzene rings is 1. The molecule has 0 fully saturated rings. The van der Waals surface area contributed by atoms with Gasteiger partial charge in [0.1, 0.15) is 0 Å². The predicted molar refractivity (Wildman–Crippen MR) is 66.3 cm³/mol. The Hall–Kier alpha value is -1.00. The van der Waals surface area contributed by atoms with E-state index in [1.54, 1.807) is 0 Å². The highest BCUT2D eigenvalue weighted by atomic mass is 35.7. The molecule has 5 heteroatoms. The van der Waals surface area contributed by atoms with E-state index in [2.05, 4.69) is 0 Å². The topological polar surface area (TPSA) is 39.1 Å². The zero-order valence-electron chi connectivity index (χ0n) is 8.85. The maximum atomic E-state index is 10.8. The van der Waals surface area contributed by atoms with Crippen molar-refractivity contribution in [3.05, 3.63) is 36.0 Å². The number of nitrogens with zero attached hydrogens (tertiary/aromatic N) is 1. The Labute approximate surface area is 99.1 Å². The van der Waals surface area contributed by atoms with Gasteiger partial charge in [-0.15, -0.1) is 0 Å². The number of hydrogen-bond acceptors (Lipinski definition) is 2. The highest BCUT2D eigenvalue weighted by molar-refractivity contribution is 8.13. The van der Waals surface area contributed by atoms with Crippen LogP contribution in [0.3, 0.4) is 0 Å². The molecule has 0 aliphatic rings. The molecule has 0 aliphatic heterocycles. The Morgan fingerprint density at radius 2 is 2.06 bits per heavy atom. The van der Waals surface area contributed by atoms with Crippen LogP contribution < -0.4 is 0 Å². The Balaban J connectivity index is 2.29. The maximum absolute atomic E-state index is 10.8. The lowest BCUT2D eigenvalue weighted by Crippen LogP contribution is -2.01. The monoisotopic (exact) mass is 257 g/mol. The van der Waals surface area contributed by atoms with Crippen LogP contribution in [0.2, 0.25) is 0 Å². The summed E-state index contributed by atoms with van der Waals surface area (Å²) in [7, 11) is 3.73. The van der Waals surface area contributed by atoms with Crippen LogP contribution in [0.1, 0.15) is 5.56 Å². The van der Waals surface area contributed by atoms with Crippen molar-refractivity contribution in [1.29, 1.82) is 0 Å². The smallest absolute Gasteiger partial charge is 0.232 e. The molecule has 0 aliphatic carbocycles. The number of aromatic nitrogens is 1. The van der Waals surface area contributed by atoms with Crippen LogP contribution in [0, 0.1) is 0 Å². The number of rotatable bonds is 3. The normalized spacial score (nSPS) is 12.1. The first-order valence-corrected chi connectivity index (χ1v) is 7.40. The lowest BCUT2D eigenvalue weighted by molar-refractivity contribution is 0.609. The molecule has 1 aromatic carbocycles. The standard InChI is InChI=1S/C11H12ClNO2S/c1-13-6-4-10-3-2-9(8-11(10)13)5-7-16(12,14)15/h2-4,6,8H,5,7H2,1H3. The Morgan fingerprint density at radius 1 is 1.31 bits per heavy atom. The van der Waals surface area contributed by atoms with Crippen molar-refractivity contribution in [1.82, 2.24) is 4.57 Å². The Bertz CT molecular complexity index is 616. The third-order valence-electron chi connectivity index (χ3n) is 2.59. The van der Waals surface area contributed by atoms with E-state index in [0.717, 1.165) is 16.5 Å². The SMILES string of the molecule is Cn1ccc2ccc(CCS(=O)(=O)Cl)cc21. The summed E-state index contributed by atoms with van der Waals surface area (Å²) in [5.74, 6) is -0.0233. The van der Waals surface area contributed by atoms with Gasteiger partial charge >= 0.3 is 0 Å². The fourth-order valence-corrected chi connectivity index (χ4v) is 2.41. The summed E-state index contributed by atoms with van der Waals surface area (Å²) in [6, 6.07) is 7.95. The van der Waals surface area contributed by atoms with Gasteiger partial charge in [-0.2, -0.15) is 0 Å². The summed E-state index contributed by atoms with van der Waals surface area (Å²) in [4.78, 5) is 0. The Morgan fingerprint density at radius 3 is 2.75 bits per heavy atom. The average Bonchev–Trinajstić information content (AvgIpc) is 2.56. The third-order valence-corrected chi connectivity index (χ3v) is 3.74. The van der Waals surface area contributed by atoms with Gasteiger partial charge in [0.15, 0.2) is 0 Å². The molecule has 86 valence electrons. The second-order valence-corrected chi connectivity index (χ2v) is 6.71. The van der Waals surface area contributed by atoms with Crippen LogP contribution in [-0.2, 0) is 22.5 Å². The fraction of sp³-hybridized carbons (Fsp3) is 0.273. The van der Waals surface area contributed by atoms with Crippen molar-refractivity contribution in [2.24, 2.45) is 7.05 Å². The van der Waals surface area contributed by atoms with Gasteiger partial charge in [-0.1, -0.05) is 12.1 Å². The van der Waals surface area contributed by atoms with Crippen LogP contribution >= 0.6 is 10.7 Å². The van der Waals surface area contributed by atoms with Gasteiger partial charge < -0.3 is 4.57 Å². The molecular formula is C11H12ClNO2S. The molecule has 2 aromatic rings. The van der Waals surface area contributed by atoms with Gasteiger partial charge in [0, 0.05) is 29.4 Å². The molecule has 16 heavy (non-hydrogen) atoms. The summed E-state index contributed by atoms with van der Waals surface area (Å²) in [6.07, 6.45) is 2.43. The maximum Gasteiger partial charge on any atom is 0.232 e. The number of aryl methyl sites for hydroxylation is 2. The molecule has 0 radical (unpaired) electrons. The van der Waals surface area contributed by atoms with E-state index in [4.69, 9.17) is 10.7 Å². The first-order valence-electron chi connectivity index (χ1n) is 4.92. The van der Waals surface area contributed by atoms with Crippen LogP contribution in [0.4, 0.5) is 0 Å². The van der Waals surface area contributed by atoms with Crippen LogP contribution in [0.5, 0.6) is 0 Å². The molecule has 0 unspecified atom stereocenters. The van der Waals surface area contributed by atoms with Crippen molar-refractivity contribution >= 4 is 30.6 Å². The molecule has 1 heterocycles. The second-order valence-electron chi connectivity index (χ2n) is 3.81. The number of fused-ring (bicyclic) bond motifs is 1. The zero-order valence-corrected chi connectivity index (χ0v) is 10.4. The molecule has 2 rings (SSSR count). The minimum Gasteiger partial charge on any atom is -0.351 e. The zero-order chi connectivity index (χ0) is 11.8. The minimum absolute atomic E-state index is 0.0233. The minimum atomic E-state index is -3.41. The molecule has 0 saturated carbocycles. The molecule has 3 nitrogen and oxygen atoms in total. The van der Waals surface area contributed by atoms with E-state index in [9.17, 15) is 8.42 Å². The van der Waals surface area contributed by atoms with Gasteiger partial charge in [0.2, 0.25) is 9.05 Å². The molecule has 0 bridgehead atoms. The predicted octanol–water partition coefficient (Wildman–Crippen LogP) is 2.29. The molecule has 0 amide bonds. The van der Waals surface area contributed by atoms with E-state index in [1.165, 1.54) is 0 Å². The van der Waals surface area contributed by atoms with E-state index < -0.39 is 9.05 Å². The summed E-state index contributed by atoms with van der Waals surface area (Å²) in [5, 5.41) is 1.15. The van der Waals surface area contributed by atoms with Crippen molar-refractivity contribution in [3.63, 3.8) is 0 Å². The molecule has 0 N–H and O–H groups in total. The van der Waals surface area contributed by atoms with E-state index in [1.807, 2.05) is 42.1 Å². The van der Waals surface area contributed by atoms with Crippen LogP contribution in [0.15, 0.2) is 30.5 Å². The van der Waals surface area contributed by atoms with E-state index in [-0.39, 0.29) is 5.75 Å². The molecular weight excluding hydrogens is 246 g/mol. The molecule has 1 aromatic heterocycles. The molecule has 0 atom stereocenters. The van der Waals surface area contributed by atoms with Crippen molar-refractivity contribution in [2.75, 3.05) is 5.75 Å². The van der Waals surface area contributed by atoms with E-state index >= 15 is 0 Å². The molecule has 0 saturated heterocycles.